The quantitative estimate of drug-likeness (QED) is 0.388. The van der Waals surface area contributed by atoms with E-state index in [1.807, 2.05) is 49.5 Å². The number of nitrogens with zero attached hydrogens (tertiary/aromatic N) is 1. The van der Waals surface area contributed by atoms with Crippen molar-refractivity contribution < 1.29 is 14.3 Å². The van der Waals surface area contributed by atoms with Crippen LogP contribution in [0.4, 0.5) is 16.2 Å². The molecule has 1 saturated carbocycles. The highest BCUT2D eigenvalue weighted by Crippen LogP contribution is 2.39. The van der Waals surface area contributed by atoms with E-state index in [1.54, 1.807) is 17.4 Å². The van der Waals surface area contributed by atoms with E-state index in [4.69, 9.17) is 16.3 Å². The number of anilines is 2. The molecule has 172 valence electrons. The normalized spacial score (nSPS) is 17.9. The molecule has 1 aliphatic rings. The van der Waals surface area contributed by atoms with Crippen LogP contribution < -0.4 is 10.6 Å². The number of urea groups is 1. The van der Waals surface area contributed by atoms with Gasteiger partial charge in [-0.1, -0.05) is 35.9 Å². The molecular weight excluding hydrogens is 458 g/mol. The largest absolute Gasteiger partial charge is 0.469 e. The van der Waals surface area contributed by atoms with Gasteiger partial charge in [0.25, 0.3) is 0 Å². The fourth-order valence-corrected chi connectivity index (χ4v) is 5.50. The van der Waals surface area contributed by atoms with Crippen LogP contribution in [0.3, 0.4) is 0 Å². The van der Waals surface area contributed by atoms with Crippen molar-refractivity contribution in [3.8, 4) is 10.4 Å². The van der Waals surface area contributed by atoms with E-state index in [2.05, 4.69) is 15.6 Å². The van der Waals surface area contributed by atoms with Crippen molar-refractivity contribution >= 4 is 46.3 Å². The minimum Gasteiger partial charge on any atom is -0.469 e. The summed E-state index contributed by atoms with van der Waals surface area (Å²) in [5.41, 5.74) is 3.24. The number of benzene rings is 2. The van der Waals surface area contributed by atoms with Crippen LogP contribution in [0, 0.1) is 12.8 Å². The number of para-hydroxylation sites is 1. The highest BCUT2D eigenvalue weighted by Gasteiger charge is 2.29. The Kier molecular flexibility index (Phi) is 7.30. The van der Waals surface area contributed by atoms with Gasteiger partial charge in [-0.05, 0) is 61.9 Å². The molecule has 1 aliphatic carbocycles. The first kappa shape index (κ1) is 23.3. The van der Waals surface area contributed by atoms with Crippen LogP contribution in [-0.2, 0) is 9.53 Å². The molecule has 0 saturated heterocycles. The van der Waals surface area contributed by atoms with Crippen LogP contribution in [0.1, 0.15) is 42.2 Å². The highest BCUT2D eigenvalue weighted by atomic mass is 35.5. The van der Waals surface area contributed by atoms with Crippen molar-refractivity contribution in [3.05, 3.63) is 64.3 Å². The van der Waals surface area contributed by atoms with Gasteiger partial charge < -0.3 is 15.4 Å². The number of aromatic nitrogens is 1. The van der Waals surface area contributed by atoms with E-state index >= 15 is 0 Å². The fourth-order valence-electron chi connectivity index (χ4n) is 4.14. The van der Waals surface area contributed by atoms with Crippen LogP contribution in [0.15, 0.2) is 48.7 Å². The molecule has 0 bridgehead atoms. The minimum absolute atomic E-state index is 0.0183. The van der Waals surface area contributed by atoms with Gasteiger partial charge in [-0.15, -0.1) is 11.3 Å². The third-order valence-corrected chi connectivity index (χ3v) is 7.55. The minimum atomic E-state index is -0.346. The number of amides is 2. The number of rotatable bonds is 5. The second-order valence-electron chi connectivity index (χ2n) is 8.22. The Labute approximate surface area is 202 Å². The fraction of sp³-hybridized carbons (Fsp3) is 0.320. The zero-order valence-corrected chi connectivity index (χ0v) is 20.1. The number of ether oxygens (including phenoxy) is 1. The molecular formula is C25H26ClN3O3S. The highest BCUT2D eigenvalue weighted by molar-refractivity contribution is 7.15. The number of esters is 1. The summed E-state index contributed by atoms with van der Waals surface area (Å²) in [7, 11) is 1.45. The van der Waals surface area contributed by atoms with Crippen LogP contribution in [0.2, 0.25) is 5.02 Å². The van der Waals surface area contributed by atoms with Crippen molar-refractivity contribution in [2.45, 2.75) is 38.5 Å². The van der Waals surface area contributed by atoms with Gasteiger partial charge in [0.05, 0.1) is 33.6 Å². The lowest BCUT2D eigenvalue weighted by atomic mass is 9.82. The zero-order valence-electron chi connectivity index (χ0n) is 18.6. The lowest BCUT2D eigenvalue weighted by molar-refractivity contribution is -0.146. The van der Waals surface area contributed by atoms with Gasteiger partial charge in [-0.3, -0.25) is 4.79 Å². The van der Waals surface area contributed by atoms with Crippen LogP contribution >= 0.6 is 22.9 Å². The maximum Gasteiger partial charge on any atom is 0.323 e. The van der Waals surface area contributed by atoms with Crippen molar-refractivity contribution in [2.75, 3.05) is 17.7 Å². The molecule has 0 atom stereocenters. The monoisotopic (exact) mass is 483 g/mol. The zero-order chi connectivity index (χ0) is 23.4. The van der Waals surface area contributed by atoms with Crippen molar-refractivity contribution in [2.24, 2.45) is 5.92 Å². The molecule has 33 heavy (non-hydrogen) atoms. The molecule has 8 heteroatoms. The SMILES string of the molecule is COC(=O)C1CCC(c2ncc(-c3ccc(NC(=O)Nc4c(C)cccc4Cl)cc3)s2)CC1. The van der Waals surface area contributed by atoms with Gasteiger partial charge in [0, 0.05) is 17.8 Å². The van der Waals surface area contributed by atoms with Gasteiger partial charge in [0.15, 0.2) is 0 Å². The molecule has 0 radical (unpaired) electrons. The first-order chi connectivity index (χ1) is 15.9. The molecule has 0 aliphatic heterocycles. The molecule has 1 fully saturated rings. The maximum atomic E-state index is 12.4. The Morgan fingerprint density at radius 1 is 1.06 bits per heavy atom. The Morgan fingerprint density at radius 3 is 2.45 bits per heavy atom. The van der Waals surface area contributed by atoms with E-state index in [0.29, 0.717) is 22.3 Å². The van der Waals surface area contributed by atoms with Gasteiger partial charge in [0.2, 0.25) is 0 Å². The standard InChI is InChI=1S/C25H26ClN3O3S/c1-15-4-3-5-20(26)22(15)29-25(31)28-19-12-10-16(11-13-19)21-14-27-23(33-21)17-6-8-18(9-7-17)24(30)32-2/h3-5,10-14,17-18H,6-9H2,1-2H3,(H2,28,29,31). The third-order valence-electron chi connectivity index (χ3n) is 6.02. The summed E-state index contributed by atoms with van der Waals surface area (Å²) in [5, 5.41) is 7.26. The van der Waals surface area contributed by atoms with Crippen LogP contribution in [-0.4, -0.2) is 24.1 Å². The number of aryl methyl sites for hydroxylation is 1. The molecule has 2 amide bonds. The van der Waals surface area contributed by atoms with Crippen LogP contribution in [0.5, 0.6) is 0 Å². The predicted octanol–water partition coefficient (Wildman–Crippen LogP) is 6.86. The van der Waals surface area contributed by atoms with Crippen molar-refractivity contribution in [3.63, 3.8) is 0 Å². The summed E-state index contributed by atoms with van der Waals surface area (Å²) in [4.78, 5) is 29.9. The predicted molar refractivity (Wildman–Crippen MR) is 133 cm³/mol. The number of hydrogen-bond acceptors (Lipinski definition) is 5. The molecule has 1 aromatic heterocycles. The molecule has 0 spiro atoms. The molecule has 3 aromatic rings. The lowest BCUT2D eigenvalue weighted by Gasteiger charge is -2.25. The summed E-state index contributed by atoms with van der Waals surface area (Å²) in [6.07, 6.45) is 5.51. The number of halogens is 1. The molecule has 2 aromatic carbocycles. The molecule has 6 nitrogen and oxygen atoms in total. The topological polar surface area (TPSA) is 80.3 Å². The number of carbonyl (C=O) groups is 2. The smallest absolute Gasteiger partial charge is 0.323 e. The number of methoxy groups -OCH3 is 1. The third kappa shape index (κ3) is 5.54. The number of carbonyl (C=O) groups excluding carboxylic acids is 2. The van der Waals surface area contributed by atoms with E-state index in [-0.39, 0.29) is 17.9 Å². The second kappa shape index (κ2) is 10.4. The summed E-state index contributed by atoms with van der Waals surface area (Å²) < 4.78 is 4.88. The van der Waals surface area contributed by atoms with E-state index in [9.17, 15) is 9.59 Å². The second-order valence-corrected chi connectivity index (χ2v) is 9.69. The Hall–Kier alpha value is -2.90. The van der Waals surface area contributed by atoms with E-state index in [1.165, 1.54) is 7.11 Å². The summed E-state index contributed by atoms with van der Waals surface area (Å²) in [5.74, 6) is 0.310. The van der Waals surface area contributed by atoms with Gasteiger partial charge in [-0.25, -0.2) is 9.78 Å². The number of nitrogens with one attached hydrogen (secondary N) is 2. The summed E-state index contributed by atoms with van der Waals surface area (Å²) in [6, 6.07) is 12.8. The summed E-state index contributed by atoms with van der Waals surface area (Å²) in [6.45, 7) is 1.89. The van der Waals surface area contributed by atoms with E-state index < -0.39 is 0 Å². The average molecular weight is 484 g/mol. The number of hydrogen-bond donors (Lipinski definition) is 2. The lowest BCUT2D eigenvalue weighted by Crippen LogP contribution is -2.22. The maximum absolute atomic E-state index is 12.4. The van der Waals surface area contributed by atoms with E-state index in [0.717, 1.165) is 46.7 Å². The Balaban J connectivity index is 1.36. The first-order valence-corrected chi connectivity index (χ1v) is 12.1. The van der Waals surface area contributed by atoms with Gasteiger partial charge in [0.1, 0.15) is 0 Å². The number of thiazole rings is 1. The van der Waals surface area contributed by atoms with Crippen molar-refractivity contribution in [1.82, 2.24) is 4.98 Å². The molecule has 2 N–H and O–H groups in total. The molecule has 1 heterocycles. The summed E-state index contributed by atoms with van der Waals surface area (Å²) >= 11 is 7.87. The first-order valence-electron chi connectivity index (χ1n) is 10.9. The molecule has 0 unspecified atom stereocenters. The van der Waals surface area contributed by atoms with Gasteiger partial charge >= 0.3 is 12.0 Å². The van der Waals surface area contributed by atoms with Crippen LogP contribution in [0.25, 0.3) is 10.4 Å². The Morgan fingerprint density at radius 2 is 1.79 bits per heavy atom. The average Bonchev–Trinajstić information content (AvgIpc) is 3.32. The van der Waals surface area contributed by atoms with Gasteiger partial charge in [-0.2, -0.15) is 0 Å². The van der Waals surface area contributed by atoms with Crippen molar-refractivity contribution in [1.29, 1.82) is 0 Å². The molecule has 4 rings (SSSR count). The Bertz CT molecular complexity index is 1120.